The van der Waals surface area contributed by atoms with Gasteiger partial charge < -0.3 is 14.7 Å². The van der Waals surface area contributed by atoms with Gasteiger partial charge in [-0.25, -0.2) is 4.79 Å². The van der Waals surface area contributed by atoms with E-state index in [-0.39, 0.29) is 36.3 Å². The van der Waals surface area contributed by atoms with Crippen LogP contribution in [0.5, 0.6) is 0 Å². The fourth-order valence-electron chi connectivity index (χ4n) is 6.55. The average molecular weight is 493 g/mol. The standard InChI is InChI=1S/C26H36N2O5.ClH/c1-3-33-25(32)21(12-10-18-7-5-4-6-8-18)27-17(2)23(29)28-16-26(15-22(28)24(30)31)14-19-9-11-20(26)13-19;/h4-8,17,19-22,27H,3,9-16H2,1-2H3,(H,30,31);1H/t17-,19?,20?,21?,22?,26?;/m0./s1. The number of fused-ring (bicyclic) bond motifs is 3. The molecule has 0 aromatic heterocycles. The van der Waals surface area contributed by atoms with Crippen LogP contribution in [0.25, 0.3) is 0 Å². The summed E-state index contributed by atoms with van der Waals surface area (Å²) in [6.45, 7) is 4.27. The maximum atomic E-state index is 13.4. The second-order valence-electron chi connectivity index (χ2n) is 10.2. The van der Waals surface area contributed by atoms with Gasteiger partial charge in [-0.15, -0.1) is 12.4 Å². The molecule has 3 fully saturated rings. The van der Waals surface area contributed by atoms with Gasteiger partial charge in [0.25, 0.3) is 0 Å². The number of carboxylic acids is 1. The van der Waals surface area contributed by atoms with E-state index >= 15 is 0 Å². The highest BCUT2D eigenvalue weighted by Gasteiger charge is 2.58. The molecule has 2 aliphatic carbocycles. The molecule has 6 atom stereocenters. The molecule has 1 aromatic rings. The molecule has 34 heavy (non-hydrogen) atoms. The molecule has 8 heteroatoms. The van der Waals surface area contributed by atoms with Crippen molar-refractivity contribution in [3.05, 3.63) is 35.9 Å². The van der Waals surface area contributed by atoms with E-state index in [4.69, 9.17) is 4.74 Å². The third-order valence-corrected chi connectivity index (χ3v) is 8.09. The lowest BCUT2D eigenvalue weighted by molar-refractivity contribution is -0.150. The molecule has 2 bridgehead atoms. The molecule has 4 rings (SSSR count). The minimum absolute atomic E-state index is 0. The van der Waals surface area contributed by atoms with Gasteiger partial charge in [0.05, 0.1) is 12.6 Å². The monoisotopic (exact) mass is 492 g/mol. The van der Waals surface area contributed by atoms with Crippen LogP contribution >= 0.6 is 12.4 Å². The summed E-state index contributed by atoms with van der Waals surface area (Å²) in [5, 5.41) is 13.1. The summed E-state index contributed by atoms with van der Waals surface area (Å²) in [6.07, 6.45) is 6.32. The Balaban J connectivity index is 0.00000324. The van der Waals surface area contributed by atoms with E-state index in [0.717, 1.165) is 18.4 Å². The summed E-state index contributed by atoms with van der Waals surface area (Å²) in [5.41, 5.74) is 1.06. The SMILES string of the molecule is CCOC(=O)C(CCc1ccccc1)N[C@@H](C)C(=O)N1CC2(CC3CCC2C3)CC1C(=O)O.Cl. The number of carboxylic acid groups (broad SMARTS) is 1. The molecular weight excluding hydrogens is 456 g/mol. The van der Waals surface area contributed by atoms with E-state index in [9.17, 15) is 19.5 Å². The lowest BCUT2D eigenvalue weighted by Gasteiger charge is -2.34. The maximum Gasteiger partial charge on any atom is 0.326 e. The molecule has 5 unspecified atom stereocenters. The molecule has 0 radical (unpaired) electrons. The zero-order valence-electron chi connectivity index (χ0n) is 20.1. The van der Waals surface area contributed by atoms with E-state index in [0.29, 0.717) is 37.6 Å². The minimum atomic E-state index is -0.929. The second kappa shape index (κ2) is 11.1. The predicted molar refractivity (Wildman–Crippen MR) is 131 cm³/mol. The Morgan fingerprint density at radius 2 is 1.94 bits per heavy atom. The summed E-state index contributed by atoms with van der Waals surface area (Å²) < 4.78 is 5.25. The van der Waals surface area contributed by atoms with Crippen LogP contribution < -0.4 is 5.32 Å². The lowest BCUT2D eigenvalue weighted by atomic mass is 9.72. The highest BCUT2D eigenvalue weighted by atomic mass is 35.5. The number of esters is 1. The third kappa shape index (κ3) is 5.41. The van der Waals surface area contributed by atoms with Gasteiger partial charge in [0.1, 0.15) is 12.1 Å². The first kappa shape index (κ1) is 26.5. The smallest absolute Gasteiger partial charge is 0.326 e. The van der Waals surface area contributed by atoms with Crippen molar-refractivity contribution < 1.29 is 24.2 Å². The number of halogens is 1. The van der Waals surface area contributed by atoms with Crippen LogP contribution in [0.2, 0.25) is 0 Å². The van der Waals surface area contributed by atoms with E-state index in [1.807, 2.05) is 30.3 Å². The summed E-state index contributed by atoms with van der Waals surface area (Å²) in [5.74, 6) is -0.337. The molecule has 188 valence electrons. The number of amides is 1. The zero-order chi connectivity index (χ0) is 23.6. The molecular formula is C26H37ClN2O5. The van der Waals surface area contributed by atoms with E-state index in [2.05, 4.69) is 5.32 Å². The van der Waals surface area contributed by atoms with Crippen molar-refractivity contribution in [3.8, 4) is 0 Å². The van der Waals surface area contributed by atoms with Crippen LogP contribution in [0, 0.1) is 17.3 Å². The van der Waals surface area contributed by atoms with Crippen molar-refractivity contribution in [3.63, 3.8) is 0 Å². The van der Waals surface area contributed by atoms with Gasteiger partial charge in [-0.05, 0) is 75.2 Å². The summed E-state index contributed by atoms with van der Waals surface area (Å²) in [7, 11) is 0. The van der Waals surface area contributed by atoms with E-state index in [1.165, 1.54) is 12.8 Å². The van der Waals surface area contributed by atoms with Crippen molar-refractivity contribution in [2.24, 2.45) is 17.3 Å². The average Bonchev–Trinajstić information content (AvgIpc) is 3.51. The van der Waals surface area contributed by atoms with Gasteiger partial charge in [-0.3, -0.25) is 14.9 Å². The Bertz CT molecular complexity index is 881. The minimum Gasteiger partial charge on any atom is -0.480 e. The van der Waals surface area contributed by atoms with Crippen LogP contribution in [0.4, 0.5) is 0 Å². The molecule has 2 saturated carbocycles. The van der Waals surface area contributed by atoms with Crippen LogP contribution in [-0.4, -0.2) is 59.1 Å². The molecule has 1 amide bonds. The number of carbonyl (C=O) groups excluding carboxylic acids is 2. The van der Waals surface area contributed by atoms with Crippen LogP contribution in [0.15, 0.2) is 30.3 Å². The highest BCUT2D eigenvalue weighted by Crippen LogP contribution is 2.60. The molecule has 2 N–H and O–H groups in total. The summed E-state index contributed by atoms with van der Waals surface area (Å²) in [4.78, 5) is 39.7. The number of benzene rings is 1. The Morgan fingerprint density at radius 3 is 2.53 bits per heavy atom. The number of nitrogens with zero attached hydrogens (tertiary/aromatic N) is 1. The van der Waals surface area contributed by atoms with Gasteiger partial charge >= 0.3 is 11.9 Å². The Kier molecular flexibility index (Phi) is 8.63. The highest BCUT2D eigenvalue weighted by molar-refractivity contribution is 5.88. The Morgan fingerprint density at radius 1 is 1.21 bits per heavy atom. The number of ether oxygens (including phenoxy) is 1. The molecule has 1 saturated heterocycles. The maximum absolute atomic E-state index is 13.4. The van der Waals surface area contributed by atoms with Gasteiger partial charge in [-0.2, -0.15) is 0 Å². The number of rotatable bonds is 9. The first-order chi connectivity index (χ1) is 15.8. The number of likely N-dealkylation sites (tertiary alicyclic amines) is 1. The number of hydrogen-bond donors (Lipinski definition) is 2. The van der Waals surface area contributed by atoms with Gasteiger partial charge in [0.15, 0.2) is 0 Å². The normalized spacial score (nSPS) is 29.0. The largest absolute Gasteiger partial charge is 0.480 e. The fraction of sp³-hybridized carbons (Fsp3) is 0.654. The van der Waals surface area contributed by atoms with Crippen LogP contribution in [-0.2, 0) is 25.5 Å². The molecule has 1 aromatic carbocycles. The number of hydrogen-bond acceptors (Lipinski definition) is 5. The molecule has 1 aliphatic heterocycles. The number of aryl methyl sites for hydroxylation is 1. The van der Waals surface area contributed by atoms with E-state index in [1.54, 1.807) is 18.7 Å². The van der Waals surface area contributed by atoms with Gasteiger partial charge in [-0.1, -0.05) is 36.8 Å². The van der Waals surface area contributed by atoms with Crippen LogP contribution in [0.1, 0.15) is 57.9 Å². The summed E-state index contributed by atoms with van der Waals surface area (Å²) >= 11 is 0. The Hall–Kier alpha value is -2.12. The first-order valence-electron chi connectivity index (χ1n) is 12.3. The number of aliphatic carboxylic acids is 1. The molecule has 1 spiro atoms. The van der Waals surface area contributed by atoms with E-state index < -0.39 is 24.1 Å². The molecule has 1 heterocycles. The van der Waals surface area contributed by atoms with Crippen molar-refractivity contribution in [2.75, 3.05) is 13.2 Å². The van der Waals surface area contributed by atoms with Crippen molar-refractivity contribution >= 4 is 30.3 Å². The second-order valence-corrected chi connectivity index (χ2v) is 10.2. The van der Waals surface area contributed by atoms with Crippen LogP contribution in [0.3, 0.4) is 0 Å². The molecule has 3 aliphatic rings. The first-order valence-corrected chi connectivity index (χ1v) is 12.3. The van der Waals surface area contributed by atoms with Crippen molar-refractivity contribution in [2.45, 2.75) is 76.9 Å². The quantitative estimate of drug-likeness (QED) is 0.513. The topological polar surface area (TPSA) is 95.9 Å². The zero-order valence-corrected chi connectivity index (χ0v) is 20.9. The van der Waals surface area contributed by atoms with Gasteiger partial charge in [0.2, 0.25) is 5.91 Å². The summed E-state index contributed by atoms with van der Waals surface area (Å²) in [6, 6.07) is 7.78. The van der Waals surface area contributed by atoms with Crippen molar-refractivity contribution in [1.82, 2.24) is 10.2 Å². The van der Waals surface area contributed by atoms with Crippen molar-refractivity contribution in [1.29, 1.82) is 0 Å². The fourth-order valence-corrected chi connectivity index (χ4v) is 6.55. The van der Waals surface area contributed by atoms with Gasteiger partial charge in [0, 0.05) is 6.54 Å². The lowest BCUT2D eigenvalue weighted by Crippen LogP contribution is -2.53. The third-order valence-electron chi connectivity index (χ3n) is 8.09. The molecule has 7 nitrogen and oxygen atoms in total. The number of carbonyl (C=O) groups is 3. The Labute approximate surface area is 208 Å². The predicted octanol–water partition coefficient (Wildman–Crippen LogP) is 3.44. The number of nitrogens with one attached hydrogen (secondary N) is 1.